The van der Waals surface area contributed by atoms with Gasteiger partial charge in [-0.15, -0.1) is 0 Å². The lowest BCUT2D eigenvalue weighted by Gasteiger charge is -2.14. The third-order valence-electron chi connectivity index (χ3n) is 6.03. The van der Waals surface area contributed by atoms with E-state index in [1.807, 2.05) is 50.5 Å². The maximum atomic E-state index is 12.6. The number of carbonyl (C=O) groups excluding carboxylic acids is 1. The van der Waals surface area contributed by atoms with Crippen LogP contribution in [-0.2, 0) is 0 Å². The number of rotatable bonds is 8. The number of carbonyl (C=O) groups is 1. The second-order valence-electron chi connectivity index (χ2n) is 8.75. The van der Waals surface area contributed by atoms with Crippen molar-refractivity contribution in [3.63, 3.8) is 0 Å². The zero-order chi connectivity index (χ0) is 23.4. The molecule has 1 aliphatic heterocycles. The molecular weight excluding hydrogens is 428 g/mol. The van der Waals surface area contributed by atoms with Crippen molar-refractivity contribution in [3.05, 3.63) is 106 Å². The maximum Gasteiger partial charge on any atom is 0.162 e. The minimum atomic E-state index is 0.195. The molecule has 1 heterocycles. The smallest absolute Gasteiger partial charge is 0.162 e. The van der Waals surface area contributed by atoms with Crippen LogP contribution in [-0.4, -0.2) is 43.6 Å². The van der Waals surface area contributed by atoms with E-state index in [4.69, 9.17) is 16.6 Å². The van der Waals surface area contributed by atoms with Crippen LogP contribution in [0.2, 0.25) is 5.02 Å². The van der Waals surface area contributed by atoms with Crippen LogP contribution in [0.4, 0.5) is 0 Å². The Kier molecular flexibility index (Phi) is 7.22. The number of aliphatic imine (C=N–C) groups is 1. The van der Waals surface area contributed by atoms with Gasteiger partial charge in [-0.3, -0.25) is 9.79 Å². The van der Waals surface area contributed by atoms with Gasteiger partial charge in [0.25, 0.3) is 0 Å². The number of halogens is 1. The monoisotopic (exact) mass is 456 g/mol. The van der Waals surface area contributed by atoms with Crippen molar-refractivity contribution < 1.29 is 4.79 Å². The highest BCUT2D eigenvalue weighted by Crippen LogP contribution is 2.36. The Morgan fingerprint density at radius 1 is 0.939 bits per heavy atom. The number of benzene rings is 3. The summed E-state index contributed by atoms with van der Waals surface area (Å²) in [4.78, 5) is 19.6. The van der Waals surface area contributed by atoms with E-state index < -0.39 is 0 Å². The number of hydrogen-bond acceptors (Lipinski definition) is 3. The number of Topliss-reactive ketones (excluding diaryl/α,β-unsaturated/α-hetero) is 1. The zero-order valence-electron chi connectivity index (χ0n) is 19.4. The molecule has 0 spiro atoms. The molecule has 0 unspecified atom stereocenters. The van der Waals surface area contributed by atoms with Crippen LogP contribution in [0.25, 0.3) is 11.1 Å². The Balaban J connectivity index is 1.69. The second kappa shape index (κ2) is 10.3. The van der Waals surface area contributed by atoms with Crippen molar-refractivity contribution in [1.29, 1.82) is 0 Å². The lowest BCUT2D eigenvalue weighted by atomic mass is 9.88. The third kappa shape index (κ3) is 5.32. The van der Waals surface area contributed by atoms with Gasteiger partial charge in [-0.05, 0) is 68.4 Å². The number of aryl methyl sites for hydroxylation is 1. The molecule has 0 fully saturated rings. The normalized spacial score (nSPS) is 13.5. The fourth-order valence-corrected chi connectivity index (χ4v) is 4.37. The van der Waals surface area contributed by atoms with E-state index in [0.717, 1.165) is 40.9 Å². The van der Waals surface area contributed by atoms with Gasteiger partial charge >= 0.3 is 0 Å². The minimum Gasteiger partial charge on any atom is -0.309 e. The molecule has 0 aliphatic carbocycles. The van der Waals surface area contributed by atoms with Crippen molar-refractivity contribution >= 4 is 34.2 Å². The van der Waals surface area contributed by atoms with Crippen LogP contribution < -0.4 is 0 Å². The molecule has 0 N–H and O–H groups in total. The van der Waals surface area contributed by atoms with Gasteiger partial charge in [0.15, 0.2) is 5.78 Å². The van der Waals surface area contributed by atoms with Crippen molar-refractivity contribution in [2.75, 3.05) is 27.2 Å². The Hall–Kier alpha value is -3.01. The molecule has 168 valence electrons. The van der Waals surface area contributed by atoms with E-state index in [1.165, 1.54) is 16.7 Å². The van der Waals surface area contributed by atoms with E-state index in [0.29, 0.717) is 18.0 Å². The summed E-state index contributed by atoms with van der Waals surface area (Å²) in [6, 6.07) is 24.3. The topological polar surface area (TPSA) is 32.7 Å². The third-order valence-corrected chi connectivity index (χ3v) is 6.28. The molecule has 0 saturated carbocycles. The summed E-state index contributed by atoms with van der Waals surface area (Å²) in [6.45, 7) is 3.66. The lowest BCUT2D eigenvalue weighted by Crippen LogP contribution is -2.14. The van der Waals surface area contributed by atoms with Gasteiger partial charge in [0.1, 0.15) is 0 Å². The van der Waals surface area contributed by atoms with E-state index in [9.17, 15) is 4.79 Å². The van der Waals surface area contributed by atoms with Crippen LogP contribution in [0, 0.1) is 6.92 Å². The van der Waals surface area contributed by atoms with Crippen molar-refractivity contribution in [1.82, 2.24) is 4.90 Å². The molecule has 33 heavy (non-hydrogen) atoms. The molecular formula is C29H29ClN2O. The standard InChI is InChI=1S/C29H29ClN2O/c1-20-7-4-5-8-25(20)28-26(19-31-29(28)23-14-16-24(30)17-15-23)21-10-12-22(13-11-21)27(33)9-6-18-32(2)3/h4-5,7-8,10-17H,6,9,18-19H2,1-3H3. The molecule has 0 saturated heterocycles. The molecule has 4 heteroatoms. The Labute approximate surface area is 201 Å². The van der Waals surface area contributed by atoms with E-state index in [2.05, 4.69) is 48.2 Å². The summed E-state index contributed by atoms with van der Waals surface area (Å²) in [5.41, 5.74) is 8.64. The first kappa shape index (κ1) is 23.2. The van der Waals surface area contributed by atoms with Gasteiger partial charge in [0.05, 0.1) is 12.3 Å². The highest BCUT2D eigenvalue weighted by Gasteiger charge is 2.24. The molecule has 4 rings (SSSR count). The first-order chi connectivity index (χ1) is 15.9. The Morgan fingerprint density at radius 3 is 2.27 bits per heavy atom. The van der Waals surface area contributed by atoms with Crippen molar-refractivity contribution in [3.8, 4) is 0 Å². The minimum absolute atomic E-state index is 0.195. The number of ketones is 1. The highest BCUT2D eigenvalue weighted by molar-refractivity contribution is 6.39. The quantitative estimate of drug-likeness (QED) is 0.358. The maximum absolute atomic E-state index is 12.6. The van der Waals surface area contributed by atoms with Crippen LogP contribution >= 0.6 is 11.6 Å². The summed E-state index contributed by atoms with van der Waals surface area (Å²) >= 11 is 6.13. The molecule has 0 radical (unpaired) electrons. The summed E-state index contributed by atoms with van der Waals surface area (Å²) in [6.07, 6.45) is 1.44. The number of hydrogen-bond donors (Lipinski definition) is 0. The SMILES string of the molecule is Cc1ccccc1C1=C(c2ccc(C(=O)CCCN(C)C)cc2)CN=C1c1ccc(Cl)cc1. The summed E-state index contributed by atoms with van der Waals surface area (Å²) < 4.78 is 0. The first-order valence-corrected chi connectivity index (χ1v) is 11.7. The first-order valence-electron chi connectivity index (χ1n) is 11.3. The molecule has 0 bridgehead atoms. The van der Waals surface area contributed by atoms with E-state index in [-0.39, 0.29) is 5.78 Å². The largest absolute Gasteiger partial charge is 0.309 e. The lowest BCUT2D eigenvalue weighted by molar-refractivity contribution is 0.0977. The number of nitrogens with zero attached hydrogens (tertiary/aromatic N) is 2. The van der Waals surface area contributed by atoms with E-state index in [1.54, 1.807) is 0 Å². The molecule has 0 aromatic heterocycles. The van der Waals surface area contributed by atoms with E-state index >= 15 is 0 Å². The predicted molar refractivity (Wildman–Crippen MR) is 139 cm³/mol. The fourth-order valence-electron chi connectivity index (χ4n) is 4.24. The molecule has 3 aromatic rings. The van der Waals surface area contributed by atoms with Crippen molar-refractivity contribution in [2.45, 2.75) is 19.8 Å². The summed E-state index contributed by atoms with van der Waals surface area (Å²) in [5.74, 6) is 0.195. The van der Waals surface area contributed by atoms with Gasteiger partial charge in [0.2, 0.25) is 0 Å². The van der Waals surface area contributed by atoms with Crippen LogP contribution in [0.5, 0.6) is 0 Å². The predicted octanol–water partition coefficient (Wildman–Crippen LogP) is 6.59. The summed E-state index contributed by atoms with van der Waals surface area (Å²) in [5, 5.41) is 0.713. The molecule has 3 aromatic carbocycles. The Bertz CT molecular complexity index is 1210. The fraction of sp³-hybridized carbons (Fsp3) is 0.241. The van der Waals surface area contributed by atoms with Crippen molar-refractivity contribution in [2.24, 2.45) is 4.99 Å². The molecule has 0 amide bonds. The van der Waals surface area contributed by atoms with Crippen LogP contribution in [0.15, 0.2) is 77.8 Å². The van der Waals surface area contributed by atoms with Crippen LogP contribution in [0.3, 0.4) is 0 Å². The Morgan fingerprint density at radius 2 is 1.61 bits per heavy atom. The number of allylic oxidation sites excluding steroid dienone is 1. The molecule has 0 atom stereocenters. The van der Waals surface area contributed by atoms with Gasteiger partial charge < -0.3 is 4.90 Å². The molecule has 3 nitrogen and oxygen atoms in total. The van der Waals surface area contributed by atoms with Gasteiger partial charge in [-0.2, -0.15) is 0 Å². The average molecular weight is 457 g/mol. The summed E-state index contributed by atoms with van der Waals surface area (Å²) in [7, 11) is 4.06. The van der Waals surface area contributed by atoms with Gasteiger partial charge in [-0.25, -0.2) is 0 Å². The van der Waals surface area contributed by atoms with Crippen LogP contribution in [0.1, 0.15) is 45.5 Å². The second-order valence-corrected chi connectivity index (χ2v) is 9.18. The highest BCUT2D eigenvalue weighted by atomic mass is 35.5. The average Bonchev–Trinajstić information content (AvgIpc) is 3.24. The molecule has 1 aliphatic rings. The zero-order valence-corrected chi connectivity index (χ0v) is 20.2. The van der Waals surface area contributed by atoms with Gasteiger partial charge in [-0.1, -0.05) is 72.3 Å². The van der Waals surface area contributed by atoms with Gasteiger partial charge in [0, 0.05) is 28.1 Å².